The molecule has 1 rings (SSSR count). The summed E-state index contributed by atoms with van der Waals surface area (Å²) in [6.45, 7) is 0. The molecule has 0 heterocycles. The second-order valence-electron chi connectivity index (χ2n) is 4.15. The van der Waals surface area contributed by atoms with Crippen LogP contribution >= 0.6 is 15.9 Å². The molecule has 18 heavy (non-hydrogen) atoms. The van der Waals surface area contributed by atoms with Crippen molar-refractivity contribution in [2.75, 3.05) is 26.2 Å². The molecule has 1 aromatic carbocycles. The molecule has 0 saturated heterocycles. The molecule has 0 amide bonds. The lowest BCUT2D eigenvalue weighted by molar-refractivity contribution is 0.411. The maximum Gasteiger partial charge on any atom is 0.147 e. The quantitative estimate of drug-likeness (QED) is 0.865. The Kier molecular flexibility index (Phi) is 5.62. The fourth-order valence-electron chi connectivity index (χ4n) is 1.71. The largest absolute Gasteiger partial charge is 0.496 e. The number of halogens is 1. The number of ether oxygens (including phenoxy) is 1. The van der Waals surface area contributed by atoms with Crippen molar-refractivity contribution in [2.24, 2.45) is 0 Å². The number of benzene rings is 1. The van der Waals surface area contributed by atoms with Gasteiger partial charge in [0.05, 0.1) is 17.3 Å². The fraction of sp³-hybridized carbons (Fsp3) is 0.500. The minimum atomic E-state index is -2.94. The Morgan fingerprint density at radius 2 is 2.11 bits per heavy atom. The Hall–Kier alpha value is -0.590. The third-order valence-electron chi connectivity index (χ3n) is 2.70. The van der Waals surface area contributed by atoms with Crippen molar-refractivity contribution in [3.8, 4) is 5.75 Å². The van der Waals surface area contributed by atoms with Crippen LogP contribution in [0.3, 0.4) is 0 Å². The van der Waals surface area contributed by atoms with E-state index < -0.39 is 9.84 Å². The average molecular weight is 336 g/mol. The van der Waals surface area contributed by atoms with E-state index in [0.717, 1.165) is 15.8 Å². The van der Waals surface area contributed by atoms with Crippen molar-refractivity contribution < 1.29 is 13.2 Å². The fourth-order valence-corrected chi connectivity index (χ4v) is 2.93. The number of hydrogen-bond donors (Lipinski definition) is 1. The molecular formula is C12H18BrNO3S. The topological polar surface area (TPSA) is 55.4 Å². The van der Waals surface area contributed by atoms with Gasteiger partial charge in [-0.25, -0.2) is 8.42 Å². The highest BCUT2D eigenvalue weighted by atomic mass is 79.9. The minimum absolute atomic E-state index is 0.0157. The van der Waals surface area contributed by atoms with Gasteiger partial charge in [0.15, 0.2) is 0 Å². The highest BCUT2D eigenvalue weighted by Crippen LogP contribution is 2.29. The van der Waals surface area contributed by atoms with Gasteiger partial charge in [0.25, 0.3) is 0 Å². The summed E-state index contributed by atoms with van der Waals surface area (Å²) in [6.07, 6.45) is 1.80. The Balaban J connectivity index is 2.85. The van der Waals surface area contributed by atoms with Crippen LogP contribution in [0.1, 0.15) is 18.0 Å². The maximum atomic E-state index is 11.2. The first kappa shape index (κ1) is 15.5. The lowest BCUT2D eigenvalue weighted by Crippen LogP contribution is -2.19. The van der Waals surface area contributed by atoms with Gasteiger partial charge in [-0.3, -0.25) is 0 Å². The van der Waals surface area contributed by atoms with Gasteiger partial charge in [0, 0.05) is 12.3 Å². The summed E-state index contributed by atoms with van der Waals surface area (Å²) in [5.41, 5.74) is 1.04. The SMILES string of the molecule is CNC(CCS(C)(=O)=O)c1ccc(OC)c(Br)c1. The number of sulfone groups is 1. The van der Waals surface area contributed by atoms with Gasteiger partial charge in [0.2, 0.25) is 0 Å². The van der Waals surface area contributed by atoms with Crippen LogP contribution in [0.4, 0.5) is 0 Å². The molecule has 102 valence electrons. The van der Waals surface area contributed by atoms with Crippen LogP contribution in [-0.2, 0) is 9.84 Å². The molecular weight excluding hydrogens is 318 g/mol. The molecule has 0 aliphatic carbocycles. The zero-order chi connectivity index (χ0) is 13.8. The van der Waals surface area contributed by atoms with Crippen molar-refractivity contribution in [3.63, 3.8) is 0 Å². The summed E-state index contributed by atoms with van der Waals surface area (Å²) < 4.78 is 28.4. The molecule has 4 nitrogen and oxygen atoms in total. The van der Waals surface area contributed by atoms with Gasteiger partial charge in [-0.1, -0.05) is 6.07 Å². The molecule has 1 atom stereocenters. The van der Waals surface area contributed by atoms with Crippen molar-refractivity contribution in [2.45, 2.75) is 12.5 Å². The maximum absolute atomic E-state index is 11.2. The summed E-state index contributed by atoms with van der Waals surface area (Å²) in [7, 11) is 0.498. The first-order chi connectivity index (χ1) is 8.37. The van der Waals surface area contributed by atoms with E-state index in [0.29, 0.717) is 6.42 Å². The van der Waals surface area contributed by atoms with Crippen molar-refractivity contribution in [1.82, 2.24) is 5.32 Å². The van der Waals surface area contributed by atoms with Gasteiger partial charge < -0.3 is 10.1 Å². The van der Waals surface area contributed by atoms with E-state index in [1.54, 1.807) is 7.11 Å². The summed E-state index contributed by atoms with van der Waals surface area (Å²) in [4.78, 5) is 0. The molecule has 0 radical (unpaired) electrons. The third-order valence-corrected chi connectivity index (χ3v) is 4.30. The molecule has 0 aliphatic heterocycles. The van der Waals surface area contributed by atoms with Crippen molar-refractivity contribution in [1.29, 1.82) is 0 Å². The van der Waals surface area contributed by atoms with Crippen LogP contribution < -0.4 is 10.1 Å². The van der Waals surface area contributed by atoms with Gasteiger partial charge in [-0.2, -0.15) is 0 Å². The van der Waals surface area contributed by atoms with Crippen LogP contribution in [0.15, 0.2) is 22.7 Å². The lowest BCUT2D eigenvalue weighted by atomic mass is 10.0. The zero-order valence-corrected chi connectivity index (χ0v) is 13.1. The van der Waals surface area contributed by atoms with E-state index in [9.17, 15) is 8.42 Å². The number of hydrogen-bond acceptors (Lipinski definition) is 4. The van der Waals surface area contributed by atoms with E-state index in [1.165, 1.54) is 6.26 Å². The van der Waals surface area contributed by atoms with E-state index in [4.69, 9.17) is 4.74 Å². The molecule has 0 aliphatic rings. The molecule has 0 saturated carbocycles. The second-order valence-corrected chi connectivity index (χ2v) is 7.27. The molecule has 1 N–H and O–H groups in total. The minimum Gasteiger partial charge on any atom is -0.496 e. The Bertz CT molecular complexity index is 502. The first-order valence-corrected chi connectivity index (χ1v) is 8.41. The molecule has 1 aromatic rings. The first-order valence-electron chi connectivity index (χ1n) is 5.56. The van der Waals surface area contributed by atoms with Crippen molar-refractivity contribution in [3.05, 3.63) is 28.2 Å². The molecule has 0 fully saturated rings. The highest BCUT2D eigenvalue weighted by Gasteiger charge is 2.14. The van der Waals surface area contributed by atoms with E-state index in [-0.39, 0.29) is 11.8 Å². The van der Waals surface area contributed by atoms with Crippen LogP contribution in [0.5, 0.6) is 5.75 Å². The van der Waals surface area contributed by atoms with Gasteiger partial charge in [-0.15, -0.1) is 0 Å². The molecule has 1 unspecified atom stereocenters. The average Bonchev–Trinajstić information content (AvgIpc) is 2.28. The Labute approximate surface area is 117 Å². The van der Waals surface area contributed by atoms with E-state index >= 15 is 0 Å². The standard InChI is InChI=1S/C12H18BrNO3S/c1-14-11(6-7-18(3,15)16)9-4-5-12(17-2)10(13)8-9/h4-5,8,11,14H,6-7H2,1-3H3. The van der Waals surface area contributed by atoms with Gasteiger partial charge >= 0.3 is 0 Å². The molecule has 0 bridgehead atoms. The van der Waals surface area contributed by atoms with E-state index in [1.807, 2.05) is 25.2 Å². The summed E-state index contributed by atoms with van der Waals surface area (Å²) >= 11 is 3.42. The van der Waals surface area contributed by atoms with Crippen molar-refractivity contribution >= 4 is 25.8 Å². The molecule has 0 spiro atoms. The number of nitrogens with one attached hydrogen (secondary N) is 1. The smallest absolute Gasteiger partial charge is 0.147 e. The third kappa shape index (κ3) is 4.59. The Morgan fingerprint density at radius 1 is 1.44 bits per heavy atom. The Morgan fingerprint density at radius 3 is 2.56 bits per heavy atom. The number of methoxy groups -OCH3 is 1. The van der Waals surface area contributed by atoms with E-state index in [2.05, 4.69) is 21.2 Å². The normalized spacial score (nSPS) is 13.3. The predicted molar refractivity (Wildman–Crippen MR) is 76.8 cm³/mol. The van der Waals surface area contributed by atoms with Crippen LogP contribution in [-0.4, -0.2) is 34.6 Å². The lowest BCUT2D eigenvalue weighted by Gasteiger charge is -2.17. The van der Waals surface area contributed by atoms with Crippen LogP contribution in [0.25, 0.3) is 0 Å². The summed E-state index contributed by atoms with van der Waals surface area (Å²) in [5.74, 6) is 0.930. The molecule has 0 aromatic heterocycles. The molecule has 6 heteroatoms. The predicted octanol–water partition coefficient (Wildman–Crippen LogP) is 2.15. The zero-order valence-electron chi connectivity index (χ0n) is 10.7. The monoisotopic (exact) mass is 335 g/mol. The van der Waals surface area contributed by atoms with Crippen LogP contribution in [0.2, 0.25) is 0 Å². The summed E-state index contributed by atoms with van der Waals surface area (Å²) in [5, 5.41) is 3.13. The van der Waals surface area contributed by atoms with Gasteiger partial charge in [0.1, 0.15) is 15.6 Å². The second kappa shape index (κ2) is 6.54. The summed E-state index contributed by atoms with van der Waals surface area (Å²) in [6, 6.07) is 5.77. The highest BCUT2D eigenvalue weighted by molar-refractivity contribution is 9.10. The van der Waals surface area contributed by atoms with Crippen LogP contribution in [0, 0.1) is 0 Å². The number of rotatable bonds is 6. The van der Waals surface area contributed by atoms with Gasteiger partial charge in [-0.05, 0) is 47.1 Å².